The fourth-order valence-corrected chi connectivity index (χ4v) is 1.87. The van der Waals surface area contributed by atoms with Crippen molar-refractivity contribution in [3.05, 3.63) is 41.1 Å². The SMILES string of the molecule is C/C=C/c1ccc(OCC(=O)OCC(=O)/C(C#N)=C(/C)N)c(OC)c1. The third kappa shape index (κ3) is 6.03. The van der Waals surface area contributed by atoms with Crippen LogP contribution >= 0.6 is 0 Å². The Morgan fingerprint density at radius 3 is 2.56 bits per heavy atom. The van der Waals surface area contributed by atoms with Crippen LogP contribution in [0.4, 0.5) is 0 Å². The van der Waals surface area contributed by atoms with E-state index in [1.165, 1.54) is 14.0 Å². The van der Waals surface area contributed by atoms with Gasteiger partial charge in [0.15, 0.2) is 24.7 Å². The van der Waals surface area contributed by atoms with E-state index in [-0.39, 0.29) is 11.3 Å². The lowest BCUT2D eigenvalue weighted by molar-refractivity contribution is -0.149. The molecule has 0 aliphatic heterocycles. The zero-order valence-corrected chi connectivity index (χ0v) is 14.4. The van der Waals surface area contributed by atoms with E-state index in [4.69, 9.17) is 25.2 Å². The molecule has 7 nitrogen and oxygen atoms in total. The molecular weight excluding hydrogens is 324 g/mol. The highest BCUT2D eigenvalue weighted by Gasteiger charge is 2.15. The van der Waals surface area contributed by atoms with Crippen molar-refractivity contribution in [2.24, 2.45) is 5.73 Å². The van der Waals surface area contributed by atoms with Gasteiger partial charge >= 0.3 is 5.97 Å². The summed E-state index contributed by atoms with van der Waals surface area (Å²) in [5, 5.41) is 8.81. The highest BCUT2D eigenvalue weighted by molar-refractivity contribution is 6.01. The molecule has 1 rings (SSSR count). The Bertz CT molecular complexity index is 740. The molecule has 0 radical (unpaired) electrons. The third-order valence-electron chi connectivity index (χ3n) is 3.04. The van der Waals surface area contributed by atoms with Crippen molar-refractivity contribution in [1.29, 1.82) is 5.26 Å². The number of ether oxygens (including phenoxy) is 3. The average Bonchev–Trinajstić information content (AvgIpc) is 2.59. The van der Waals surface area contributed by atoms with Crippen molar-refractivity contribution >= 4 is 17.8 Å². The maximum atomic E-state index is 11.7. The normalized spacial score (nSPS) is 11.4. The van der Waals surface area contributed by atoms with Crippen molar-refractivity contribution in [2.45, 2.75) is 13.8 Å². The summed E-state index contributed by atoms with van der Waals surface area (Å²) in [4.78, 5) is 23.4. The standard InChI is InChI=1S/C18H20N2O5/c1-4-5-13-6-7-16(17(8-13)23-3)24-11-18(22)25-10-15(21)14(9-19)12(2)20/h4-8H,10-11,20H2,1-3H3/b5-4+,14-12-. The first-order valence-electron chi connectivity index (χ1n) is 7.41. The summed E-state index contributed by atoms with van der Waals surface area (Å²) < 4.78 is 15.4. The topological polar surface area (TPSA) is 112 Å². The number of hydrogen-bond acceptors (Lipinski definition) is 7. The molecule has 0 unspecified atom stereocenters. The van der Waals surface area contributed by atoms with E-state index >= 15 is 0 Å². The first kappa shape index (κ1) is 19.8. The number of carbonyl (C=O) groups excluding carboxylic acids is 2. The van der Waals surface area contributed by atoms with Crippen LogP contribution in [0.25, 0.3) is 6.08 Å². The molecule has 0 bridgehead atoms. The number of nitrogens with two attached hydrogens (primary N) is 1. The maximum Gasteiger partial charge on any atom is 0.344 e. The minimum atomic E-state index is -0.750. The Kier molecular flexibility index (Phi) is 7.73. The lowest BCUT2D eigenvalue weighted by Crippen LogP contribution is -2.21. The summed E-state index contributed by atoms with van der Waals surface area (Å²) in [5.74, 6) is -0.577. The molecule has 0 aromatic heterocycles. The van der Waals surface area contributed by atoms with Crippen LogP contribution in [0.1, 0.15) is 19.4 Å². The second kappa shape index (κ2) is 9.78. The van der Waals surface area contributed by atoms with Crippen LogP contribution in [0.2, 0.25) is 0 Å². The molecule has 0 atom stereocenters. The zero-order chi connectivity index (χ0) is 18.8. The van der Waals surface area contributed by atoms with Crippen LogP contribution in [0.3, 0.4) is 0 Å². The molecule has 0 fully saturated rings. The third-order valence-corrected chi connectivity index (χ3v) is 3.04. The number of nitrogens with zero attached hydrogens (tertiary/aromatic N) is 1. The molecule has 0 aliphatic rings. The lowest BCUT2D eigenvalue weighted by Gasteiger charge is -2.11. The predicted octanol–water partition coefficient (Wildman–Crippen LogP) is 1.98. The van der Waals surface area contributed by atoms with Gasteiger partial charge in [-0.15, -0.1) is 0 Å². The van der Waals surface area contributed by atoms with E-state index in [9.17, 15) is 9.59 Å². The molecular formula is C18H20N2O5. The molecule has 25 heavy (non-hydrogen) atoms. The molecule has 0 heterocycles. The van der Waals surface area contributed by atoms with Gasteiger partial charge in [-0.2, -0.15) is 5.26 Å². The first-order valence-corrected chi connectivity index (χ1v) is 7.41. The number of allylic oxidation sites excluding steroid dienone is 2. The number of ketones is 1. The number of methoxy groups -OCH3 is 1. The number of benzene rings is 1. The quantitative estimate of drug-likeness (QED) is 0.436. The summed E-state index contributed by atoms with van der Waals surface area (Å²) in [6.07, 6.45) is 3.78. The van der Waals surface area contributed by atoms with Crippen LogP contribution in [0.5, 0.6) is 11.5 Å². The van der Waals surface area contributed by atoms with Crippen molar-refractivity contribution in [2.75, 3.05) is 20.3 Å². The maximum absolute atomic E-state index is 11.7. The van der Waals surface area contributed by atoms with Gasteiger partial charge in [0.2, 0.25) is 5.78 Å². The Balaban J connectivity index is 2.61. The minimum absolute atomic E-state index is 0.0748. The fourth-order valence-electron chi connectivity index (χ4n) is 1.87. The molecule has 0 aliphatic carbocycles. The van der Waals surface area contributed by atoms with E-state index in [1.54, 1.807) is 24.3 Å². The molecule has 0 amide bonds. The lowest BCUT2D eigenvalue weighted by atomic mass is 10.1. The number of rotatable bonds is 8. The molecule has 2 N–H and O–H groups in total. The van der Waals surface area contributed by atoms with E-state index in [2.05, 4.69) is 0 Å². The molecule has 132 valence electrons. The van der Waals surface area contributed by atoms with E-state index < -0.39 is 25.0 Å². The molecule has 0 spiro atoms. The van der Waals surface area contributed by atoms with Gasteiger partial charge in [0.25, 0.3) is 0 Å². The number of hydrogen-bond donors (Lipinski definition) is 1. The van der Waals surface area contributed by atoms with Gasteiger partial charge in [-0.05, 0) is 31.5 Å². The van der Waals surface area contributed by atoms with Gasteiger partial charge in [-0.3, -0.25) is 4.79 Å². The first-order chi connectivity index (χ1) is 11.9. The monoisotopic (exact) mass is 344 g/mol. The average molecular weight is 344 g/mol. The fraction of sp³-hybridized carbons (Fsp3) is 0.278. The van der Waals surface area contributed by atoms with Crippen molar-refractivity contribution < 1.29 is 23.8 Å². The largest absolute Gasteiger partial charge is 0.493 e. The summed E-state index contributed by atoms with van der Waals surface area (Å²) >= 11 is 0. The summed E-state index contributed by atoms with van der Waals surface area (Å²) in [6, 6.07) is 6.91. The van der Waals surface area contributed by atoms with Crippen molar-refractivity contribution in [1.82, 2.24) is 0 Å². The van der Waals surface area contributed by atoms with E-state index in [0.717, 1.165) is 5.56 Å². The smallest absolute Gasteiger partial charge is 0.344 e. The van der Waals surface area contributed by atoms with Crippen molar-refractivity contribution in [3.8, 4) is 17.6 Å². The van der Waals surface area contributed by atoms with E-state index in [0.29, 0.717) is 11.5 Å². The Morgan fingerprint density at radius 1 is 1.28 bits per heavy atom. The van der Waals surface area contributed by atoms with Crippen molar-refractivity contribution in [3.63, 3.8) is 0 Å². The summed E-state index contributed by atoms with van der Waals surface area (Å²) in [7, 11) is 1.49. The Labute approximate surface area is 146 Å². The van der Waals surface area contributed by atoms with Gasteiger partial charge < -0.3 is 19.9 Å². The number of Topliss-reactive ketones (excluding diaryl/α,β-unsaturated/α-hetero) is 1. The number of carbonyl (C=O) groups is 2. The van der Waals surface area contributed by atoms with Gasteiger partial charge in [0.1, 0.15) is 11.6 Å². The van der Waals surface area contributed by atoms with Crippen LogP contribution in [-0.4, -0.2) is 32.1 Å². The minimum Gasteiger partial charge on any atom is -0.493 e. The molecule has 1 aromatic carbocycles. The van der Waals surface area contributed by atoms with Crippen LogP contribution < -0.4 is 15.2 Å². The highest BCUT2D eigenvalue weighted by atomic mass is 16.6. The molecule has 0 saturated heterocycles. The van der Waals surface area contributed by atoms with Gasteiger partial charge in [-0.25, -0.2) is 4.79 Å². The Morgan fingerprint density at radius 2 is 2.00 bits per heavy atom. The summed E-state index contributed by atoms with van der Waals surface area (Å²) in [6.45, 7) is 2.34. The zero-order valence-electron chi connectivity index (χ0n) is 14.4. The van der Waals surface area contributed by atoms with Gasteiger partial charge in [0, 0.05) is 5.70 Å². The number of esters is 1. The summed E-state index contributed by atoms with van der Waals surface area (Å²) in [5.41, 5.74) is 6.18. The second-order valence-corrected chi connectivity index (χ2v) is 4.95. The van der Waals surface area contributed by atoms with E-state index in [1.807, 2.05) is 19.1 Å². The Hall–Kier alpha value is -3.27. The van der Waals surface area contributed by atoms with Crippen LogP contribution in [-0.2, 0) is 14.3 Å². The van der Waals surface area contributed by atoms with Crippen LogP contribution in [0.15, 0.2) is 35.5 Å². The second-order valence-electron chi connectivity index (χ2n) is 4.95. The number of nitriles is 1. The van der Waals surface area contributed by atoms with Crippen LogP contribution in [0, 0.1) is 11.3 Å². The molecule has 7 heteroatoms. The van der Waals surface area contributed by atoms with Gasteiger partial charge in [-0.1, -0.05) is 18.2 Å². The molecule has 1 aromatic rings. The molecule has 0 saturated carbocycles. The highest BCUT2D eigenvalue weighted by Crippen LogP contribution is 2.28. The van der Waals surface area contributed by atoms with Gasteiger partial charge in [0.05, 0.1) is 7.11 Å². The predicted molar refractivity (Wildman–Crippen MR) is 91.7 cm³/mol.